The Labute approximate surface area is 110 Å². The van der Waals surface area contributed by atoms with E-state index in [9.17, 15) is 9.18 Å². The molecule has 3 nitrogen and oxygen atoms in total. The molecule has 0 spiro atoms. The van der Waals surface area contributed by atoms with Crippen LogP contribution in [0.1, 0.15) is 28.5 Å². The van der Waals surface area contributed by atoms with E-state index >= 15 is 0 Å². The van der Waals surface area contributed by atoms with E-state index in [4.69, 9.17) is 5.11 Å². The number of aryl methyl sites for hydroxylation is 2. The van der Waals surface area contributed by atoms with Crippen molar-refractivity contribution in [3.05, 3.63) is 53.0 Å². The van der Waals surface area contributed by atoms with Gasteiger partial charge in [-0.1, -0.05) is 19.1 Å². The van der Waals surface area contributed by atoms with E-state index in [1.807, 2.05) is 6.92 Å². The van der Waals surface area contributed by atoms with Crippen LogP contribution in [0.3, 0.4) is 0 Å². The number of aromatic carboxylic acids is 1. The van der Waals surface area contributed by atoms with E-state index in [0.29, 0.717) is 23.4 Å². The van der Waals surface area contributed by atoms with Crippen molar-refractivity contribution in [1.29, 1.82) is 0 Å². The van der Waals surface area contributed by atoms with Crippen LogP contribution in [0.4, 0.5) is 4.39 Å². The van der Waals surface area contributed by atoms with Crippen LogP contribution >= 0.6 is 0 Å². The third-order valence-electron chi connectivity index (χ3n) is 2.96. The van der Waals surface area contributed by atoms with Crippen LogP contribution in [0.5, 0.6) is 0 Å². The van der Waals surface area contributed by atoms with Gasteiger partial charge in [0.05, 0.1) is 17.0 Å². The Bertz CT molecular complexity index is 638. The molecule has 0 radical (unpaired) electrons. The van der Waals surface area contributed by atoms with Crippen LogP contribution < -0.4 is 0 Å². The summed E-state index contributed by atoms with van der Waals surface area (Å²) in [6.07, 6.45) is 0.518. The average Bonchev–Trinajstić information content (AvgIpc) is 2.38. The first-order valence-electron chi connectivity index (χ1n) is 6.02. The third-order valence-corrected chi connectivity index (χ3v) is 2.96. The molecule has 1 N–H and O–H groups in total. The summed E-state index contributed by atoms with van der Waals surface area (Å²) >= 11 is 0. The van der Waals surface area contributed by atoms with E-state index < -0.39 is 5.97 Å². The summed E-state index contributed by atoms with van der Waals surface area (Å²) in [5.74, 6) is -1.32. The number of pyridine rings is 1. The lowest BCUT2D eigenvalue weighted by Crippen LogP contribution is -2.06. The van der Waals surface area contributed by atoms with Crippen molar-refractivity contribution in [2.45, 2.75) is 20.3 Å². The second-order valence-electron chi connectivity index (χ2n) is 4.32. The minimum atomic E-state index is -0.988. The van der Waals surface area contributed by atoms with E-state index in [1.54, 1.807) is 25.1 Å². The first-order chi connectivity index (χ1) is 9.02. The van der Waals surface area contributed by atoms with Gasteiger partial charge in [-0.3, -0.25) is 4.98 Å². The summed E-state index contributed by atoms with van der Waals surface area (Å²) in [7, 11) is 0. The fourth-order valence-corrected chi connectivity index (χ4v) is 2.03. The second-order valence-corrected chi connectivity index (χ2v) is 4.32. The third kappa shape index (κ3) is 2.62. The van der Waals surface area contributed by atoms with E-state index in [2.05, 4.69) is 4.98 Å². The molecule has 1 aromatic carbocycles. The highest BCUT2D eigenvalue weighted by Gasteiger charge is 2.14. The molecule has 0 aliphatic carbocycles. The lowest BCUT2D eigenvalue weighted by molar-refractivity contribution is 0.0695. The first kappa shape index (κ1) is 13.2. The minimum absolute atomic E-state index is 0.208. The number of carbonyl (C=O) groups is 1. The Morgan fingerprint density at radius 3 is 2.68 bits per heavy atom. The van der Waals surface area contributed by atoms with Gasteiger partial charge in [0.15, 0.2) is 0 Å². The number of nitrogens with zero attached hydrogens (tertiary/aromatic N) is 1. The van der Waals surface area contributed by atoms with Gasteiger partial charge in [-0.15, -0.1) is 0 Å². The van der Waals surface area contributed by atoms with Gasteiger partial charge in [-0.25, -0.2) is 9.18 Å². The minimum Gasteiger partial charge on any atom is -0.478 e. The van der Waals surface area contributed by atoms with E-state index in [1.165, 1.54) is 12.1 Å². The van der Waals surface area contributed by atoms with Crippen LogP contribution in [0.2, 0.25) is 0 Å². The molecule has 0 saturated carbocycles. The maximum atomic E-state index is 13.3. The molecule has 0 aliphatic heterocycles. The van der Waals surface area contributed by atoms with Gasteiger partial charge in [0, 0.05) is 5.56 Å². The largest absolute Gasteiger partial charge is 0.478 e. The van der Waals surface area contributed by atoms with Crippen molar-refractivity contribution in [3.63, 3.8) is 0 Å². The highest BCUT2D eigenvalue weighted by Crippen LogP contribution is 2.24. The van der Waals surface area contributed by atoms with Gasteiger partial charge in [0.2, 0.25) is 0 Å². The molecule has 0 bridgehead atoms. The highest BCUT2D eigenvalue weighted by atomic mass is 19.1. The lowest BCUT2D eigenvalue weighted by Gasteiger charge is -2.10. The molecule has 0 unspecified atom stereocenters. The predicted octanol–water partition coefficient (Wildman–Crippen LogP) is 3.46. The van der Waals surface area contributed by atoms with Crippen molar-refractivity contribution in [2.75, 3.05) is 0 Å². The summed E-state index contributed by atoms with van der Waals surface area (Å²) in [4.78, 5) is 15.5. The van der Waals surface area contributed by atoms with Crippen molar-refractivity contribution in [2.24, 2.45) is 0 Å². The van der Waals surface area contributed by atoms with Gasteiger partial charge >= 0.3 is 5.97 Å². The Morgan fingerprint density at radius 2 is 2.11 bits per heavy atom. The van der Waals surface area contributed by atoms with Gasteiger partial charge < -0.3 is 5.11 Å². The second kappa shape index (κ2) is 5.18. The standard InChI is InChI=1S/C15H14FNO2/c1-3-13-12(15(18)19)7-9(2)14(17-13)10-5-4-6-11(16)8-10/h4-8H,3H2,1-2H3,(H,18,19). The summed E-state index contributed by atoms with van der Waals surface area (Å²) in [6.45, 7) is 3.62. The predicted molar refractivity (Wildman–Crippen MR) is 70.7 cm³/mol. The van der Waals surface area contributed by atoms with Crippen molar-refractivity contribution >= 4 is 5.97 Å². The molecule has 0 fully saturated rings. The molecule has 19 heavy (non-hydrogen) atoms. The smallest absolute Gasteiger partial charge is 0.337 e. The highest BCUT2D eigenvalue weighted by molar-refractivity contribution is 5.89. The van der Waals surface area contributed by atoms with Crippen LogP contribution in [0.25, 0.3) is 11.3 Å². The summed E-state index contributed by atoms with van der Waals surface area (Å²) in [5, 5.41) is 9.13. The molecule has 2 aromatic rings. The Hall–Kier alpha value is -2.23. The van der Waals surface area contributed by atoms with Gasteiger partial charge in [-0.05, 0) is 37.1 Å². The molecule has 98 valence electrons. The number of benzene rings is 1. The summed E-state index contributed by atoms with van der Waals surface area (Å²) in [5.41, 5.74) is 2.73. The van der Waals surface area contributed by atoms with Crippen LogP contribution in [-0.2, 0) is 6.42 Å². The number of aromatic nitrogens is 1. The zero-order chi connectivity index (χ0) is 14.0. The van der Waals surface area contributed by atoms with E-state index in [-0.39, 0.29) is 11.4 Å². The maximum Gasteiger partial charge on any atom is 0.337 e. The van der Waals surface area contributed by atoms with Gasteiger partial charge in [0.25, 0.3) is 0 Å². The van der Waals surface area contributed by atoms with Crippen LogP contribution in [-0.4, -0.2) is 16.1 Å². The molecular formula is C15H14FNO2. The zero-order valence-corrected chi connectivity index (χ0v) is 10.8. The molecule has 2 rings (SSSR count). The van der Waals surface area contributed by atoms with Gasteiger partial charge in [0.1, 0.15) is 5.82 Å². The molecule has 1 aromatic heterocycles. The summed E-state index contributed by atoms with van der Waals surface area (Å²) in [6, 6.07) is 7.73. The lowest BCUT2D eigenvalue weighted by atomic mass is 10.0. The van der Waals surface area contributed by atoms with Crippen molar-refractivity contribution in [3.8, 4) is 11.3 Å². The first-order valence-corrected chi connectivity index (χ1v) is 6.02. The molecule has 0 atom stereocenters. The number of carboxylic acid groups (broad SMARTS) is 1. The maximum absolute atomic E-state index is 13.3. The number of rotatable bonds is 3. The van der Waals surface area contributed by atoms with Gasteiger partial charge in [-0.2, -0.15) is 0 Å². The molecule has 4 heteroatoms. The quantitative estimate of drug-likeness (QED) is 0.918. The topological polar surface area (TPSA) is 50.2 Å². The summed E-state index contributed by atoms with van der Waals surface area (Å²) < 4.78 is 13.3. The number of halogens is 1. The van der Waals surface area contributed by atoms with Crippen LogP contribution in [0, 0.1) is 12.7 Å². The Kier molecular flexibility index (Phi) is 3.60. The number of carboxylic acids is 1. The fourth-order valence-electron chi connectivity index (χ4n) is 2.03. The zero-order valence-electron chi connectivity index (χ0n) is 10.8. The van der Waals surface area contributed by atoms with Crippen molar-refractivity contribution in [1.82, 2.24) is 4.98 Å². The van der Waals surface area contributed by atoms with Crippen LogP contribution in [0.15, 0.2) is 30.3 Å². The monoisotopic (exact) mass is 259 g/mol. The fraction of sp³-hybridized carbons (Fsp3) is 0.200. The Balaban J connectivity index is 2.62. The number of hydrogen-bond acceptors (Lipinski definition) is 2. The SMILES string of the molecule is CCc1nc(-c2cccc(F)c2)c(C)cc1C(=O)O. The molecule has 0 saturated heterocycles. The van der Waals surface area contributed by atoms with E-state index in [0.717, 1.165) is 5.56 Å². The molecule has 0 aliphatic rings. The average molecular weight is 259 g/mol. The molecular weight excluding hydrogens is 245 g/mol. The van der Waals surface area contributed by atoms with Crippen molar-refractivity contribution < 1.29 is 14.3 Å². The number of hydrogen-bond donors (Lipinski definition) is 1. The molecule has 1 heterocycles. The normalized spacial score (nSPS) is 10.5. The molecule has 0 amide bonds. The Morgan fingerprint density at radius 1 is 1.37 bits per heavy atom.